The Labute approximate surface area is 189 Å². The fraction of sp³-hybridized carbons (Fsp3) is 0.500. The first-order valence-corrected chi connectivity index (χ1v) is 13.9. The van der Waals surface area contributed by atoms with E-state index in [4.69, 9.17) is 4.74 Å². The first-order valence-electron chi connectivity index (χ1n) is 10.8. The molecule has 0 saturated heterocycles. The van der Waals surface area contributed by atoms with Crippen LogP contribution in [0.15, 0.2) is 41.8 Å². The number of aromatic nitrogens is 1. The number of nitrogens with one attached hydrogen (secondary N) is 1. The summed E-state index contributed by atoms with van der Waals surface area (Å²) in [5.74, 6) is 0. The van der Waals surface area contributed by atoms with Gasteiger partial charge < -0.3 is 9.72 Å². The van der Waals surface area contributed by atoms with Gasteiger partial charge in [0.25, 0.3) is 0 Å². The van der Waals surface area contributed by atoms with Crippen LogP contribution in [0.5, 0.6) is 0 Å². The third-order valence-corrected chi connectivity index (χ3v) is 7.78. The van der Waals surface area contributed by atoms with E-state index in [-0.39, 0.29) is 11.1 Å². The van der Waals surface area contributed by atoms with Crippen molar-refractivity contribution >= 4 is 32.1 Å². The summed E-state index contributed by atoms with van der Waals surface area (Å²) in [5.41, 5.74) is 4.10. The van der Waals surface area contributed by atoms with Gasteiger partial charge >= 0.3 is 0 Å². The van der Waals surface area contributed by atoms with Gasteiger partial charge in [0, 0.05) is 28.3 Å². The number of thiophene rings is 1. The van der Waals surface area contributed by atoms with Gasteiger partial charge in [-0.05, 0) is 69.3 Å². The van der Waals surface area contributed by atoms with Gasteiger partial charge in [-0.25, -0.2) is 8.42 Å². The third kappa shape index (κ3) is 4.33. The van der Waals surface area contributed by atoms with Crippen molar-refractivity contribution in [2.45, 2.75) is 43.2 Å². The number of hydrogen-bond donors (Lipinski definition) is 1. The lowest BCUT2D eigenvalue weighted by Crippen LogP contribution is -2.49. The molecule has 1 spiro atoms. The van der Waals surface area contributed by atoms with Gasteiger partial charge in [0.1, 0.15) is 15.4 Å². The lowest BCUT2D eigenvalue weighted by molar-refractivity contribution is -0.112. The summed E-state index contributed by atoms with van der Waals surface area (Å²) in [4.78, 5) is 7.65. The number of H-pyrrole nitrogens is 1. The summed E-state index contributed by atoms with van der Waals surface area (Å²) in [5, 5.41) is 3.59. The molecule has 5 nitrogen and oxygen atoms in total. The Kier molecular flexibility index (Phi) is 6.07. The molecule has 0 amide bonds. The summed E-state index contributed by atoms with van der Waals surface area (Å²) in [7, 11) is 1.79. The SMILES string of the molecule is CN(C)C1(c2cccs2)CCC2(CC1)OCCc1c2[nH]c2ccccc12.CS(C)(=O)=O. The zero-order chi connectivity index (χ0) is 22.3. The van der Waals surface area contributed by atoms with E-state index in [0.29, 0.717) is 0 Å². The summed E-state index contributed by atoms with van der Waals surface area (Å²) in [6, 6.07) is 13.2. The van der Waals surface area contributed by atoms with Gasteiger partial charge in [0.15, 0.2) is 0 Å². The highest BCUT2D eigenvalue weighted by atomic mass is 32.2. The Morgan fingerprint density at radius 3 is 2.32 bits per heavy atom. The lowest BCUT2D eigenvalue weighted by Gasteiger charge is -2.50. The predicted octanol–water partition coefficient (Wildman–Crippen LogP) is 4.69. The highest BCUT2D eigenvalue weighted by Gasteiger charge is 2.49. The van der Waals surface area contributed by atoms with Crippen molar-refractivity contribution in [2.75, 3.05) is 33.2 Å². The number of rotatable bonds is 2. The maximum Gasteiger partial charge on any atom is 0.144 e. The molecule has 1 aromatic carbocycles. The van der Waals surface area contributed by atoms with Crippen LogP contribution in [0.3, 0.4) is 0 Å². The molecule has 0 atom stereocenters. The second-order valence-electron chi connectivity index (χ2n) is 9.16. The molecule has 3 aromatic rings. The molecule has 1 saturated carbocycles. The summed E-state index contributed by atoms with van der Waals surface area (Å²) < 4.78 is 25.8. The number of nitrogens with zero attached hydrogens (tertiary/aromatic N) is 1. The molecule has 2 aliphatic rings. The van der Waals surface area contributed by atoms with E-state index >= 15 is 0 Å². The van der Waals surface area contributed by atoms with Crippen molar-refractivity contribution in [1.82, 2.24) is 9.88 Å². The Morgan fingerprint density at radius 1 is 1.03 bits per heavy atom. The largest absolute Gasteiger partial charge is 0.368 e. The molecule has 1 fully saturated rings. The molecule has 168 valence electrons. The number of para-hydroxylation sites is 1. The number of sulfone groups is 1. The number of aromatic amines is 1. The minimum atomic E-state index is -2.67. The van der Waals surface area contributed by atoms with Gasteiger partial charge in [0.2, 0.25) is 0 Å². The molecule has 5 rings (SSSR count). The molecule has 1 aliphatic carbocycles. The smallest absolute Gasteiger partial charge is 0.144 e. The fourth-order valence-electron chi connectivity index (χ4n) is 5.19. The van der Waals surface area contributed by atoms with Crippen LogP contribution >= 0.6 is 11.3 Å². The topological polar surface area (TPSA) is 62.4 Å². The van der Waals surface area contributed by atoms with E-state index < -0.39 is 9.84 Å². The van der Waals surface area contributed by atoms with Crippen LogP contribution < -0.4 is 0 Å². The zero-order valence-corrected chi connectivity index (χ0v) is 20.4. The van der Waals surface area contributed by atoms with Crippen LogP contribution in [0, 0.1) is 0 Å². The van der Waals surface area contributed by atoms with E-state index in [2.05, 4.69) is 65.8 Å². The molecule has 1 aliphatic heterocycles. The number of ether oxygens (including phenoxy) is 1. The summed E-state index contributed by atoms with van der Waals surface area (Å²) >= 11 is 1.89. The van der Waals surface area contributed by atoms with Gasteiger partial charge in [-0.1, -0.05) is 24.3 Å². The fourth-order valence-corrected chi connectivity index (χ4v) is 6.26. The maximum atomic E-state index is 9.63. The highest BCUT2D eigenvalue weighted by molar-refractivity contribution is 7.89. The van der Waals surface area contributed by atoms with Crippen molar-refractivity contribution in [3.8, 4) is 0 Å². The molecule has 31 heavy (non-hydrogen) atoms. The summed E-state index contributed by atoms with van der Waals surface area (Å²) in [6.45, 7) is 0.836. The van der Waals surface area contributed by atoms with Crippen LogP contribution in [-0.2, 0) is 32.1 Å². The van der Waals surface area contributed by atoms with Gasteiger partial charge in [-0.15, -0.1) is 11.3 Å². The predicted molar refractivity (Wildman–Crippen MR) is 129 cm³/mol. The van der Waals surface area contributed by atoms with Crippen LogP contribution in [0.1, 0.15) is 41.8 Å². The molecular formula is C24H32N2O3S2. The Bertz CT molecular complexity index is 1130. The van der Waals surface area contributed by atoms with Crippen molar-refractivity contribution in [1.29, 1.82) is 0 Å². The van der Waals surface area contributed by atoms with Crippen LogP contribution in [0.25, 0.3) is 10.9 Å². The quantitative estimate of drug-likeness (QED) is 0.603. The van der Waals surface area contributed by atoms with E-state index in [1.54, 1.807) is 0 Å². The van der Waals surface area contributed by atoms with Crippen LogP contribution in [0.2, 0.25) is 0 Å². The number of fused-ring (bicyclic) bond motifs is 4. The van der Waals surface area contributed by atoms with Crippen molar-refractivity contribution < 1.29 is 13.2 Å². The minimum absolute atomic E-state index is 0.136. The zero-order valence-electron chi connectivity index (χ0n) is 18.8. The number of benzene rings is 1. The molecule has 0 radical (unpaired) electrons. The average Bonchev–Trinajstić information content (AvgIpc) is 3.37. The van der Waals surface area contributed by atoms with Gasteiger partial charge in [-0.2, -0.15) is 0 Å². The monoisotopic (exact) mass is 460 g/mol. The molecule has 0 unspecified atom stereocenters. The Balaban J connectivity index is 0.000000418. The first-order chi connectivity index (χ1) is 14.6. The lowest BCUT2D eigenvalue weighted by atomic mass is 9.70. The molecule has 0 bridgehead atoms. The van der Waals surface area contributed by atoms with Crippen molar-refractivity contribution in [3.63, 3.8) is 0 Å². The van der Waals surface area contributed by atoms with E-state index in [9.17, 15) is 8.42 Å². The third-order valence-electron chi connectivity index (χ3n) is 6.72. The molecule has 1 N–H and O–H groups in total. The summed E-state index contributed by atoms with van der Waals surface area (Å²) in [6.07, 6.45) is 7.75. The Morgan fingerprint density at radius 2 is 1.71 bits per heavy atom. The second-order valence-corrected chi connectivity index (χ2v) is 12.4. The van der Waals surface area contributed by atoms with Gasteiger partial charge in [-0.3, -0.25) is 4.90 Å². The van der Waals surface area contributed by atoms with Crippen molar-refractivity contribution in [2.24, 2.45) is 0 Å². The molecular weight excluding hydrogens is 428 g/mol. The second kappa shape index (κ2) is 8.35. The molecule has 3 heterocycles. The highest BCUT2D eigenvalue weighted by Crippen LogP contribution is 2.53. The maximum absolute atomic E-state index is 9.63. The standard InChI is InChI=1S/C22H26N2OS.C2H6O2S/c1-24(2)21(19-8-5-15-26-19)10-12-22(13-11-21)20-17(9-14-25-22)16-6-3-4-7-18(16)23-20;1-5(2,3)4/h3-8,15,23H,9-14H2,1-2H3;1-2H3. The van der Waals surface area contributed by atoms with Crippen LogP contribution in [-0.4, -0.2) is 51.5 Å². The van der Waals surface area contributed by atoms with Gasteiger partial charge in [0.05, 0.1) is 17.8 Å². The Hall–Kier alpha value is -1.67. The first kappa shape index (κ1) is 22.5. The van der Waals surface area contributed by atoms with E-state index in [1.165, 1.54) is 27.0 Å². The molecule has 7 heteroatoms. The number of hydrogen-bond acceptors (Lipinski definition) is 5. The van der Waals surface area contributed by atoms with E-state index in [1.807, 2.05) is 11.3 Å². The van der Waals surface area contributed by atoms with Crippen molar-refractivity contribution in [3.05, 3.63) is 57.9 Å². The normalized spacial score (nSPS) is 26.0. The average molecular weight is 461 g/mol. The van der Waals surface area contributed by atoms with E-state index in [0.717, 1.165) is 51.2 Å². The molecule has 2 aromatic heterocycles. The minimum Gasteiger partial charge on any atom is -0.368 e. The van der Waals surface area contributed by atoms with Crippen LogP contribution in [0.4, 0.5) is 0 Å².